The largest absolute Gasteiger partial charge is 0.369 e. The van der Waals surface area contributed by atoms with Crippen LogP contribution in [-0.4, -0.2) is 36.4 Å². The molecule has 1 fully saturated rings. The maximum Gasteiger partial charge on any atom is 0.162 e. The molecule has 0 aliphatic carbocycles. The highest BCUT2D eigenvalue weighted by Crippen LogP contribution is 2.27. The summed E-state index contributed by atoms with van der Waals surface area (Å²) >= 11 is 1.61. The predicted octanol–water partition coefficient (Wildman–Crippen LogP) is 3.20. The van der Waals surface area contributed by atoms with Gasteiger partial charge in [0.05, 0.1) is 17.0 Å². The molecule has 2 aromatic heterocycles. The molecule has 3 aromatic rings. The maximum atomic E-state index is 11.6. The average molecular weight is 359 g/mol. The SMILES string of the molecule is O=S1(=O)CCC(CNc2nc(-c3ccsc3)nc3ccccc23)C1. The van der Waals surface area contributed by atoms with Crippen LogP contribution in [0.2, 0.25) is 0 Å². The van der Waals surface area contributed by atoms with Crippen molar-refractivity contribution >= 4 is 37.9 Å². The number of nitrogens with one attached hydrogen (secondary N) is 1. The lowest BCUT2D eigenvalue weighted by Crippen LogP contribution is -2.16. The normalized spacial score (nSPS) is 19.6. The van der Waals surface area contributed by atoms with Crippen LogP contribution < -0.4 is 5.32 Å². The van der Waals surface area contributed by atoms with Gasteiger partial charge in [-0.1, -0.05) is 12.1 Å². The summed E-state index contributed by atoms with van der Waals surface area (Å²) in [6.07, 6.45) is 0.718. The molecule has 7 heteroatoms. The summed E-state index contributed by atoms with van der Waals surface area (Å²) in [7, 11) is -2.86. The smallest absolute Gasteiger partial charge is 0.162 e. The third kappa shape index (κ3) is 3.14. The highest BCUT2D eigenvalue weighted by Gasteiger charge is 2.27. The highest BCUT2D eigenvalue weighted by atomic mass is 32.2. The fourth-order valence-corrected chi connectivity index (χ4v) is 5.50. The first-order chi connectivity index (χ1) is 11.6. The Morgan fingerprint density at radius 1 is 1.21 bits per heavy atom. The van der Waals surface area contributed by atoms with E-state index in [0.717, 1.165) is 28.7 Å². The predicted molar refractivity (Wildman–Crippen MR) is 98.1 cm³/mol. The fourth-order valence-electron chi connectivity index (χ4n) is 3.01. The molecule has 0 radical (unpaired) electrons. The van der Waals surface area contributed by atoms with E-state index in [1.165, 1.54) is 0 Å². The summed E-state index contributed by atoms with van der Waals surface area (Å²) in [5, 5.41) is 8.34. The van der Waals surface area contributed by atoms with Crippen LogP contribution in [0, 0.1) is 5.92 Å². The van der Waals surface area contributed by atoms with Gasteiger partial charge in [0.25, 0.3) is 0 Å². The van der Waals surface area contributed by atoms with Crippen LogP contribution in [0.15, 0.2) is 41.1 Å². The summed E-state index contributed by atoms with van der Waals surface area (Å²) in [6.45, 7) is 0.614. The molecule has 1 N–H and O–H groups in total. The second-order valence-electron chi connectivity index (χ2n) is 6.07. The van der Waals surface area contributed by atoms with Gasteiger partial charge in [0.1, 0.15) is 5.82 Å². The Balaban J connectivity index is 1.66. The van der Waals surface area contributed by atoms with E-state index in [2.05, 4.69) is 15.3 Å². The van der Waals surface area contributed by atoms with Gasteiger partial charge in [-0.05, 0) is 35.9 Å². The minimum Gasteiger partial charge on any atom is -0.369 e. The number of benzene rings is 1. The molecule has 5 nitrogen and oxygen atoms in total. The van der Waals surface area contributed by atoms with E-state index in [4.69, 9.17) is 0 Å². The summed E-state index contributed by atoms with van der Waals surface area (Å²) in [5.41, 5.74) is 1.88. The van der Waals surface area contributed by atoms with Crippen molar-refractivity contribution in [1.82, 2.24) is 9.97 Å². The monoisotopic (exact) mass is 359 g/mol. The van der Waals surface area contributed by atoms with Crippen molar-refractivity contribution in [3.05, 3.63) is 41.1 Å². The van der Waals surface area contributed by atoms with Crippen LogP contribution in [0.5, 0.6) is 0 Å². The van der Waals surface area contributed by atoms with Crippen LogP contribution in [0.3, 0.4) is 0 Å². The molecule has 4 rings (SSSR count). The Hall–Kier alpha value is -1.99. The molecule has 0 bridgehead atoms. The van der Waals surface area contributed by atoms with Crippen molar-refractivity contribution in [2.24, 2.45) is 5.92 Å². The average Bonchev–Trinajstić information content (AvgIpc) is 3.22. The Morgan fingerprint density at radius 2 is 2.08 bits per heavy atom. The minimum atomic E-state index is -2.86. The van der Waals surface area contributed by atoms with Gasteiger partial charge in [0.15, 0.2) is 15.7 Å². The number of fused-ring (bicyclic) bond motifs is 1. The summed E-state index contributed by atoms with van der Waals surface area (Å²) < 4.78 is 23.2. The Labute approximate surface area is 144 Å². The van der Waals surface area contributed by atoms with Crippen molar-refractivity contribution in [3.8, 4) is 11.4 Å². The molecule has 3 heterocycles. The molecule has 24 heavy (non-hydrogen) atoms. The van der Waals surface area contributed by atoms with Crippen LogP contribution in [0.1, 0.15) is 6.42 Å². The zero-order valence-corrected chi connectivity index (χ0v) is 14.6. The molecule has 124 valence electrons. The first-order valence-corrected chi connectivity index (χ1v) is 10.6. The molecule has 1 aromatic carbocycles. The van der Waals surface area contributed by atoms with Gasteiger partial charge in [0, 0.05) is 22.9 Å². The molecule has 0 amide bonds. The molecular weight excluding hydrogens is 342 g/mol. The van der Waals surface area contributed by atoms with Gasteiger partial charge in [0.2, 0.25) is 0 Å². The Bertz CT molecular complexity index is 969. The standard InChI is InChI=1S/C17H17N3O2S2/c21-24(22)8-6-12(11-24)9-18-17-14-3-1-2-4-15(14)19-16(20-17)13-5-7-23-10-13/h1-5,7,10,12H,6,8-9,11H2,(H,18,19,20). The lowest BCUT2D eigenvalue weighted by Gasteiger charge is -2.13. The molecule has 1 saturated heterocycles. The quantitative estimate of drug-likeness (QED) is 0.774. The van der Waals surface area contributed by atoms with Crippen LogP contribution in [-0.2, 0) is 9.84 Å². The number of anilines is 1. The maximum absolute atomic E-state index is 11.6. The summed E-state index contributed by atoms with van der Waals surface area (Å²) in [6, 6.07) is 9.88. The van der Waals surface area contributed by atoms with Crippen molar-refractivity contribution < 1.29 is 8.42 Å². The Morgan fingerprint density at radius 3 is 2.83 bits per heavy atom. The fraction of sp³-hybridized carbons (Fsp3) is 0.294. The van der Waals surface area contributed by atoms with Crippen molar-refractivity contribution in [2.45, 2.75) is 6.42 Å². The van der Waals surface area contributed by atoms with Gasteiger partial charge in [-0.25, -0.2) is 18.4 Å². The molecular formula is C17H17N3O2S2. The first kappa shape index (κ1) is 15.5. The van der Waals surface area contributed by atoms with Crippen molar-refractivity contribution in [2.75, 3.05) is 23.4 Å². The van der Waals surface area contributed by atoms with Crippen molar-refractivity contribution in [1.29, 1.82) is 0 Å². The molecule has 1 atom stereocenters. The number of thiophene rings is 1. The van der Waals surface area contributed by atoms with E-state index in [1.807, 2.05) is 41.1 Å². The minimum absolute atomic E-state index is 0.147. The first-order valence-electron chi connectivity index (χ1n) is 7.84. The number of aromatic nitrogens is 2. The number of sulfone groups is 1. The van der Waals surface area contributed by atoms with Crippen LogP contribution >= 0.6 is 11.3 Å². The topological polar surface area (TPSA) is 72.0 Å². The van der Waals surface area contributed by atoms with Crippen LogP contribution in [0.4, 0.5) is 5.82 Å². The van der Waals surface area contributed by atoms with E-state index >= 15 is 0 Å². The van der Waals surface area contributed by atoms with E-state index in [1.54, 1.807) is 11.3 Å². The number of rotatable bonds is 4. The number of hydrogen-bond acceptors (Lipinski definition) is 6. The molecule has 1 unspecified atom stereocenters. The zero-order chi connectivity index (χ0) is 16.6. The second kappa shape index (κ2) is 6.14. The molecule has 1 aliphatic heterocycles. The zero-order valence-electron chi connectivity index (χ0n) is 13.0. The highest BCUT2D eigenvalue weighted by molar-refractivity contribution is 7.91. The summed E-state index contributed by atoms with van der Waals surface area (Å²) in [5.74, 6) is 2.17. The van der Waals surface area contributed by atoms with E-state index < -0.39 is 9.84 Å². The summed E-state index contributed by atoms with van der Waals surface area (Å²) in [4.78, 5) is 9.32. The molecule has 1 aliphatic rings. The third-order valence-corrected chi connectivity index (χ3v) is 6.79. The second-order valence-corrected chi connectivity index (χ2v) is 9.08. The lowest BCUT2D eigenvalue weighted by molar-refractivity contribution is 0.596. The molecule has 0 saturated carbocycles. The van der Waals surface area contributed by atoms with Gasteiger partial charge in [-0.2, -0.15) is 11.3 Å². The van der Waals surface area contributed by atoms with Crippen molar-refractivity contribution in [3.63, 3.8) is 0 Å². The van der Waals surface area contributed by atoms with E-state index in [0.29, 0.717) is 18.1 Å². The van der Waals surface area contributed by atoms with Crippen LogP contribution in [0.25, 0.3) is 22.3 Å². The van der Waals surface area contributed by atoms with E-state index in [9.17, 15) is 8.42 Å². The van der Waals surface area contributed by atoms with Gasteiger partial charge >= 0.3 is 0 Å². The third-order valence-electron chi connectivity index (χ3n) is 4.27. The lowest BCUT2D eigenvalue weighted by atomic mass is 10.1. The molecule has 0 spiro atoms. The van der Waals surface area contributed by atoms with Gasteiger partial charge in [-0.3, -0.25) is 0 Å². The number of hydrogen-bond donors (Lipinski definition) is 1. The van der Waals surface area contributed by atoms with Gasteiger partial charge in [-0.15, -0.1) is 0 Å². The Kier molecular flexibility index (Phi) is 3.97. The van der Waals surface area contributed by atoms with Gasteiger partial charge < -0.3 is 5.32 Å². The van der Waals surface area contributed by atoms with E-state index in [-0.39, 0.29) is 11.7 Å². The number of nitrogens with zero attached hydrogens (tertiary/aromatic N) is 2. The number of para-hydroxylation sites is 1.